The van der Waals surface area contributed by atoms with Crippen molar-refractivity contribution in [1.82, 2.24) is 25.2 Å². The predicted molar refractivity (Wildman–Crippen MR) is 115 cm³/mol. The molecule has 32 heavy (non-hydrogen) atoms. The zero-order valence-electron chi connectivity index (χ0n) is 17.5. The topological polar surface area (TPSA) is 90.2 Å². The number of halogens is 3. The molecule has 5 rings (SSSR count). The Balaban J connectivity index is 1.48. The number of ether oxygens (including phenoxy) is 1. The van der Waals surface area contributed by atoms with Crippen molar-refractivity contribution in [2.45, 2.75) is 43.4 Å². The van der Waals surface area contributed by atoms with Gasteiger partial charge in [-0.05, 0) is 19.4 Å². The summed E-state index contributed by atoms with van der Waals surface area (Å²) < 4.78 is 34.9. The van der Waals surface area contributed by atoms with E-state index in [1.54, 1.807) is 0 Å². The van der Waals surface area contributed by atoms with Crippen LogP contribution in [0.4, 0.5) is 14.6 Å². The Bertz CT molecular complexity index is 1070. The van der Waals surface area contributed by atoms with Crippen LogP contribution in [0.1, 0.15) is 25.7 Å². The maximum atomic E-state index is 14.9. The summed E-state index contributed by atoms with van der Waals surface area (Å²) in [4.78, 5) is 17.0. The van der Waals surface area contributed by atoms with Crippen LogP contribution in [0.2, 0.25) is 5.15 Å². The summed E-state index contributed by atoms with van der Waals surface area (Å²) >= 11 is 5.92. The Kier molecular flexibility index (Phi) is 5.73. The quantitative estimate of drug-likeness (QED) is 0.676. The summed E-state index contributed by atoms with van der Waals surface area (Å²) in [5.41, 5.74) is -0.324. The van der Waals surface area contributed by atoms with Gasteiger partial charge < -0.3 is 15.0 Å². The van der Waals surface area contributed by atoms with Crippen molar-refractivity contribution in [2.75, 3.05) is 44.2 Å². The molecular formula is C21H24ClF2N7O. The van der Waals surface area contributed by atoms with Gasteiger partial charge in [0.25, 0.3) is 0 Å². The molecule has 0 unspecified atom stereocenters. The second-order valence-electron chi connectivity index (χ2n) is 8.78. The summed E-state index contributed by atoms with van der Waals surface area (Å²) in [5, 5.41) is 12.5. The highest BCUT2D eigenvalue weighted by atomic mass is 35.5. The minimum Gasteiger partial charge on any atom is -0.461 e. The molecule has 170 valence electrons. The van der Waals surface area contributed by atoms with Crippen molar-refractivity contribution in [2.24, 2.45) is 0 Å². The van der Waals surface area contributed by atoms with Crippen molar-refractivity contribution in [1.29, 1.82) is 5.26 Å². The van der Waals surface area contributed by atoms with E-state index in [4.69, 9.17) is 21.6 Å². The monoisotopic (exact) mass is 463 g/mol. The first kappa shape index (κ1) is 21.5. The lowest BCUT2D eigenvalue weighted by molar-refractivity contribution is 0.107. The van der Waals surface area contributed by atoms with E-state index in [0.29, 0.717) is 50.2 Å². The van der Waals surface area contributed by atoms with Crippen molar-refractivity contribution in [3.8, 4) is 12.1 Å². The maximum absolute atomic E-state index is 14.9. The molecule has 0 bridgehead atoms. The molecule has 3 fully saturated rings. The SMILES string of the molecule is N#CC[C@H]1CN(c2nc(OC[C@@]34CCCN3C[C@H](F)C4)nc3c(F)c(Cl)ncc23)CCN1. The highest BCUT2D eigenvalue weighted by Gasteiger charge is 2.49. The van der Waals surface area contributed by atoms with E-state index >= 15 is 0 Å². The standard InChI is InChI=1S/C21H24ClF2N7O/c22-18-16(24)17-15(9-27-18)19(30-7-5-26-14(11-30)2-4-25)29-20(28-17)32-12-21-3-1-6-31(21)10-13(23)8-21/h9,13-14,26H,1-3,5-8,10-12H2/t13-,14+,21+/m1/s1. The minimum atomic E-state index is -0.868. The largest absolute Gasteiger partial charge is 0.461 e. The molecule has 8 nitrogen and oxygen atoms in total. The number of aromatic nitrogens is 3. The van der Waals surface area contributed by atoms with Crippen LogP contribution < -0.4 is 15.0 Å². The van der Waals surface area contributed by atoms with Gasteiger partial charge in [-0.25, -0.2) is 13.8 Å². The number of nitrogens with one attached hydrogen (secondary N) is 1. The number of hydrogen-bond acceptors (Lipinski definition) is 8. The number of nitrogens with zero attached hydrogens (tertiary/aromatic N) is 6. The van der Waals surface area contributed by atoms with Crippen LogP contribution in [-0.4, -0.2) is 76.9 Å². The van der Waals surface area contributed by atoms with E-state index in [0.717, 1.165) is 19.4 Å². The maximum Gasteiger partial charge on any atom is 0.319 e. The van der Waals surface area contributed by atoms with E-state index < -0.39 is 12.0 Å². The number of piperazine rings is 1. The number of anilines is 1. The fraction of sp³-hybridized carbons (Fsp3) is 0.619. The van der Waals surface area contributed by atoms with Gasteiger partial charge in [-0.2, -0.15) is 15.2 Å². The molecule has 1 N–H and O–H groups in total. The molecule has 3 atom stereocenters. The zero-order valence-corrected chi connectivity index (χ0v) is 18.3. The van der Waals surface area contributed by atoms with Gasteiger partial charge in [-0.15, -0.1) is 0 Å². The number of alkyl halides is 1. The van der Waals surface area contributed by atoms with E-state index in [1.807, 2.05) is 4.90 Å². The Hall–Kier alpha value is -2.35. The van der Waals surface area contributed by atoms with Gasteiger partial charge in [0, 0.05) is 44.8 Å². The van der Waals surface area contributed by atoms with E-state index in [1.165, 1.54) is 6.20 Å². The van der Waals surface area contributed by atoms with Gasteiger partial charge in [-0.3, -0.25) is 4.90 Å². The fourth-order valence-corrected chi connectivity index (χ4v) is 5.36. The molecule has 0 amide bonds. The smallest absolute Gasteiger partial charge is 0.319 e. The molecule has 0 radical (unpaired) electrons. The number of fused-ring (bicyclic) bond motifs is 2. The summed E-state index contributed by atoms with van der Waals surface area (Å²) in [6, 6.07) is 2.18. The van der Waals surface area contributed by atoms with E-state index in [-0.39, 0.29) is 34.9 Å². The molecule has 3 aliphatic rings. The minimum absolute atomic E-state index is 0.0286. The molecule has 0 saturated carbocycles. The molecule has 0 aromatic carbocycles. The van der Waals surface area contributed by atoms with Crippen molar-refractivity contribution >= 4 is 28.3 Å². The molecule has 11 heteroatoms. The van der Waals surface area contributed by atoms with E-state index in [2.05, 4.69) is 31.2 Å². The third-order valence-corrected chi connectivity index (χ3v) is 6.99. The Labute approximate surface area is 189 Å². The molecule has 2 aromatic heterocycles. The van der Waals surface area contributed by atoms with Gasteiger partial charge in [0.1, 0.15) is 24.1 Å². The Morgan fingerprint density at radius 3 is 3.06 bits per heavy atom. The first-order valence-corrected chi connectivity index (χ1v) is 11.3. The van der Waals surface area contributed by atoms with Crippen molar-refractivity contribution in [3.05, 3.63) is 17.2 Å². The van der Waals surface area contributed by atoms with Gasteiger partial charge in [0.2, 0.25) is 0 Å². The number of pyridine rings is 1. The van der Waals surface area contributed by atoms with Gasteiger partial charge in [-0.1, -0.05) is 11.6 Å². The Morgan fingerprint density at radius 2 is 2.22 bits per heavy atom. The summed E-state index contributed by atoms with van der Waals surface area (Å²) in [6.45, 7) is 3.34. The summed E-state index contributed by atoms with van der Waals surface area (Å²) in [5.74, 6) is -0.236. The third kappa shape index (κ3) is 3.83. The highest BCUT2D eigenvalue weighted by Crippen LogP contribution is 2.40. The lowest BCUT2D eigenvalue weighted by atomic mass is 9.95. The number of rotatable bonds is 5. The van der Waals surface area contributed by atoms with Gasteiger partial charge in [0.05, 0.1) is 23.4 Å². The van der Waals surface area contributed by atoms with Crippen molar-refractivity contribution in [3.63, 3.8) is 0 Å². The van der Waals surface area contributed by atoms with Crippen LogP contribution in [0.25, 0.3) is 10.9 Å². The molecule has 3 saturated heterocycles. The van der Waals surface area contributed by atoms with Gasteiger partial charge in [0.15, 0.2) is 11.0 Å². The van der Waals surface area contributed by atoms with Gasteiger partial charge >= 0.3 is 6.01 Å². The zero-order chi connectivity index (χ0) is 22.3. The van der Waals surface area contributed by atoms with Crippen LogP contribution >= 0.6 is 11.6 Å². The Morgan fingerprint density at radius 1 is 1.34 bits per heavy atom. The lowest BCUT2D eigenvalue weighted by Gasteiger charge is -2.34. The second kappa shape index (κ2) is 8.54. The fourth-order valence-electron chi connectivity index (χ4n) is 5.22. The van der Waals surface area contributed by atoms with Crippen LogP contribution in [0, 0.1) is 17.1 Å². The van der Waals surface area contributed by atoms with Crippen molar-refractivity contribution < 1.29 is 13.5 Å². The third-order valence-electron chi connectivity index (χ3n) is 6.72. The second-order valence-corrected chi connectivity index (χ2v) is 9.14. The first-order chi connectivity index (χ1) is 15.5. The van der Waals surface area contributed by atoms with Crippen LogP contribution in [0.3, 0.4) is 0 Å². The summed E-state index contributed by atoms with van der Waals surface area (Å²) in [7, 11) is 0. The summed E-state index contributed by atoms with van der Waals surface area (Å²) in [6.07, 6.45) is 3.22. The number of hydrogen-bond donors (Lipinski definition) is 1. The molecule has 3 aliphatic heterocycles. The highest BCUT2D eigenvalue weighted by molar-refractivity contribution is 6.30. The lowest BCUT2D eigenvalue weighted by Crippen LogP contribution is -2.51. The van der Waals surface area contributed by atoms with Crippen LogP contribution in [0.15, 0.2) is 6.20 Å². The number of nitriles is 1. The van der Waals surface area contributed by atoms with Crippen LogP contribution in [0.5, 0.6) is 6.01 Å². The molecule has 5 heterocycles. The first-order valence-electron chi connectivity index (χ1n) is 10.9. The normalized spacial score (nSPS) is 28.1. The average Bonchev–Trinajstić information content (AvgIpc) is 3.31. The van der Waals surface area contributed by atoms with E-state index in [9.17, 15) is 8.78 Å². The molecule has 0 aliphatic carbocycles. The molecular weight excluding hydrogens is 440 g/mol. The molecule has 2 aromatic rings. The van der Waals surface area contributed by atoms with Crippen LogP contribution in [-0.2, 0) is 0 Å². The average molecular weight is 464 g/mol. The molecule has 0 spiro atoms. The predicted octanol–water partition coefficient (Wildman–Crippen LogP) is 2.46.